The van der Waals surface area contributed by atoms with E-state index in [1.807, 2.05) is 37.3 Å². The van der Waals surface area contributed by atoms with Crippen LogP contribution in [-0.2, 0) is 9.53 Å². The summed E-state index contributed by atoms with van der Waals surface area (Å²) < 4.78 is 6.13. The minimum absolute atomic E-state index is 0.0522. The summed E-state index contributed by atoms with van der Waals surface area (Å²) in [6.45, 7) is 2.05. The first kappa shape index (κ1) is 20.6. The van der Waals surface area contributed by atoms with E-state index >= 15 is 0 Å². The molecule has 3 rings (SSSR count). The summed E-state index contributed by atoms with van der Waals surface area (Å²) in [5.74, 6) is -0.107. The predicted molar refractivity (Wildman–Crippen MR) is 110 cm³/mol. The summed E-state index contributed by atoms with van der Waals surface area (Å²) in [5.41, 5.74) is 1.14. The van der Waals surface area contributed by atoms with Crippen molar-refractivity contribution in [1.29, 1.82) is 0 Å². The third-order valence-corrected chi connectivity index (χ3v) is 5.96. The SMILES string of the molecule is CC(c1ccccc1)C(O)C=C[C@@H]1[C@H](CC=CCC=CC(=O)O)[C@@H]2CC[C@H]1O2. The quantitative estimate of drug-likeness (QED) is 0.488. The van der Waals surface area contributed by atoms with Crippen LogP contribution in [0.3, 0.4) is 0 Å². The molecule has 0 aromatic heterocycles. The van der Waals surface area contributed by atoms with E-state index in [0.29, 0.717) is 24.4 Å². The van der Waals surface area contributed by atoms with Gasteiger partial charge in [-0.15, -0.1) is 0 Å². The number of hydrogen-bond acceptors (Lipinski definition) is 3. The van der Waals surface area contributed by atoms with Gasteiger partial charge in [0.2, 0.25) is 0 Å². The maximum atomic E-state index is 10.6. The van der Waals surface area contributed by atoms with Crippen molar-refractivity contribution >= 4 is 5.97 Å². The van der Waals surface area contributed by atoms with E-state index in [1.54, 1.807) is 6.08 Å². The summed E-state index contributed by atoms with van der Waals surface area (Å²) in [5, 5.41) is 19.2. The zero-order chi connectivity index (χ0) is 19.9. The van der Waals surface area contributed by atoms with Gasteiger partial charge in [0.15, 0.2) is 0 Å². The normalized spacial score (nSPS) is 29.2. The molecule has 2 aliphatic rings. The van der Waals surface area contributed by atoms with Crippen molar-refractivity contribution in [2.45, 2.75) is 56.8 Å². The number of aliphatic hydroxyl groups excluding tert-OH is 1. The lowest BCUT2D eigenvalue weighted by molar-refractivity contribution is -0.131. The van der Waals surface area contributed by atoms with Gasteiger partial charge < -0.3 is 14.9 Å². The first-order chi connectivity index (χ1) is 13.6. The van der Waals surface area contributed by atoms with Crippen molar-refractivity contribution in [2.75, 3.05) is 0 Å². The molecule has 2 N–H and O–H groups in total. The summed E-state index contributed by atoms with van der Waals surface area (Å²) >= 11 is 0. The van der Waals surface area contributed by atoms with E-state index < -0.39 is 12.1 Å². The average molecular weight is 383 g/mol. The van der Waals surface area contributed by atoms with E-state index in [0.717, 1.165) is 24.8 Å². The van der Waals surface area contributed by atoms with Gasteiger partial charge in [-0.25, -0.2) is 4.79 Å². The fourth-order valence-corrected chi connectivity index (χ4v) is 4.35. The Balaban J connectivity index is 1.57. The molecular formula is C24H30O4. The smallest absolute Gasteiger partial charge is 0.327 e. The number of fused-ring (bicyclic) bond motifs is 2. The van der Waals surface area contributed by atoms with Crippen LogP contribution in [-0.4, -0.2) is 34.5 Å². The molecule has 0 saturated carbocycles. The Morgan fingerprint density at radius 3 is 2.68 bits per heavy atom. The topological polar surface area (TPSA) is 66.8 Å². The molecule has 0 amide bonds. The summed E-state index contributed by atoms with van der Waals surface area (Å²) in [6, 6.07) is 10.1. The highest BCUT2D eigenvalue weighted by molar-refractivity contribution is 5.79. The molecule has 2 heterocycles. The summed E-state index contributed by atoms with van der Waals surface area (Å²) in [6.07, 6.45) is 14.8. The van der Waals surface area contributed by atoms with Crippen molar-refractivity contribution < 1.29 is 19.7 Å². The second-order valence-electron chi connectivity index (χ2n) is 7.79. The number of aliphatic carboxylic acids is 1. The molecule has 4 nitrogen and oxygen atoms in total. The van der Waals surface area contributed by atoms with Gasteiger partial charge in [-0.3, -0.25) is 0 Å². The molecule has 6 atom stereocenters. The van der Waals surface area contributed by atoms with Gasteiger partial charge in [-0.2, -0.15) is 0 Å². The lowest BCUT2D eigenvalue weighted by Crippen LogP contribution is -2.26. The predicted octanol–water partition coefficient (Wildman–Crippen LogP) is 4.48. The van der Waals surface area contributed by atoms with Crippen molar-refractivity contribution in [3.05, 3.63) is 72.4 Å². The van der Waals surface area contributed by atoms with Crippen LogP contribution >= 0.6 is 0 Å². The number of carboxylic acid groups (broad SMARTS) is 1. The summed E-state index contributed by atoms with van der Waals surface area (Å²) in [7, 11) is 0. The third-order valence-electron chi connectivity index (χ3n) is 5.96. The van der Waals surface area contributed by atoms with Crippen LogP contribution in [0.4, 0.5) is 0 Å². The molecule has 1 aromatic carbocycles. The molecule has 4 heteroatoms. The lowest BCUT2D eigenvalue weighted by Gasteiger charge is -2.25. The Morgan fingerprint density at radius 2 is 1.93 bits per heavy atom. The second-order valence-corrected chi connectivity index (χ2v) is 7.79. The van der Waals surface area contributed by atoms with Crippen LogP contribution in [0.2, 0.25) is 0 Å². The molecule has 0 aliphatic carbocycles. The van der Waals surface area contributed by atoms with Gasteiger partial charge in [0, 0.05) is 17.9 Å². The minimum atomic E-state index is -0.914. The minimum Gasteiger partial charge on any atom is -0.478 e. The molecular weight excluding hydrogens is 352 g/mol. The second kappa shape index (κ2) is 9.85. The fraction of sp³-hybridized carbons (Fsp3) is 0.458. The molecule has 0 radical (unpaired) electrons. The van der Waals surface area contributed by atoms with Crippen molar-refractivity contribution in [3.63, 3.8) is 0 Å². The van der Waals surface area contributed by atoms with Crippen LogP contribution in [0.25, 0.3) is 0 Å². The molecule has 2 unspecified atom stereocenters. The van der Waals surface area contributed by atoms with Crippen LogP contribution in [0.15, 0.2) is 66.8 Å². The highest BCUT2D eigenvalue weighted by Gasteiger charge is 2.46. The third kappa shape index (κ3) is 5.21. The maximum Gasteiger partial charge on any atom is 0.327 e. The van der Waals surface area contributed by atoms with Crippen LogP contribution < -0.4 is 0 Å². The zero-order valence-electron chi connectivity index (χ0n) is 16.4. The van der Waals surface area contributed by atoms with Gasteiger partial charge in [0.05, 0.1) is 18.3 Å². The molecule has 2 aliphatic heterocycles. The Morgan fingerprint density at radius 1 is 1.18 bits per heavy atom. The van der Waals surface area contributed by atoms with E-state index in [-0.39, 0.29) is 12.0 Å². The largest absolute Gasteiger partial charge is 0.478 e. The Kier molecular flexibility index (Phi) is 7.24. The maximum absolute atomic E-state index is 10.6. The highest BCUT2D eigenvalue weighted by atomic mass is 16.5. The van der Waals surface area contributed by atoms with Gasteiger partial charge in [0.25, 0.3) is 0 Å². The van der Waals surface area contributed by atoms with Crippen LogP contribution in [0.5, 0.6) is 0 Å². The number of ether oxygens (including phenoxy) is 1. The number of aliphatic hydroxyl groups is 1. The number of hydrogen-bond donors (Lipinski definition) is 2. The molecule has 2 saturated heterocycles. The number of carboxylic acids is 1. The zero-order valence-corrected chi connectivity index (χ0v) is 16.4. The van der Waals surface area contributed by atoms with Gasteiger partial charge >= 0.3 is 5.97 Å². The molecule has 28 heavy (non-hydrogen) atoms. The van der Waals surface area contributed by atoms with E-state index in [1.165, 1.54) is 6.08 Å². The molecule has 2 bridgehead atoms. The number of rotatable bonds is 9. The van der Waals surface area contributed by atoms with Crippen molar-refractivity contribution in [1.82, 2.24) is 0 Å². The first-order valence-corrected chi connectivity index (χ1v) is 10.2. The molecule has 0 spiro atoms. The van der Waals surface area contributed by atoms with Crippen molar-refractivity contribution in [3.8, 4) is 0 Å². The monoisotopic (exact) mass is 382 g/mol. The van der Waals surface area contributed by atoms with Crippen molar-refractivity contribution in [2.24, 2.45) is 11.8 Å². The van der Waals surface area contributed by atoms with Crippen LogP contribution in [0.1, 0.15) is 44.1 Å². The number of carbonyl (C=O) groups is 1. The number of allylic oxidation sites excluding steroid dienone is 3. The Bertz CT molecular complexity index is 721. The van der Waals surface area contributed by atoms with E-state index in [4.69, 9.17) is 9.84 Å². The molecule has 150 valence electrons. The molecule has 2 fully saturated rings. The highest BCUT2D eigenvalue weighted by Crippen LogP contribution is 2.46. The Hall–Kier alpha value is -2.17. The Labute approximate surface area is 167 Å². The van der Waals surface area contributed by atoms with Gasteiger partial charge in [-0.1, -0.05) is 67.6 Å². The standard InChI is InChI=1S/C24H30O4/c1-17(18-9-5-4-6-10-18)21(25)14-13-20-19(22-15-16-23(20)28-22)11-7-2-3-8-12-24(26)27/h2,4-10,12-14,17,19-23,25H,3,11,15-16H2,1H3,(H,26,27)/t17?,19-,20+,21?,22-,23+/m0/s1. The van der Waals surface area contributed by atoms with Gasteiger partial charge in [0.1, 0.15) is 0 Å². The van der Waals surface area contributed by atoms with Gasteiger partial charge in [-0.05, 0) is 37.2 Å². The first-order valence-electron chi connectivity index (χ1n) is 10.2. The fourth-order valence-electron chi connectivity index (χ4n) is 4.35. The van der Waals surface area contributed by atoms with Crippen LogP contribution in [0, 0.1) is 11.8 Å². The van der Waals surface area contributed by atoms with E-state index in [2.05, 4.69) is 24.3 Å². The summed E-state index contributed by atoms with van der Waals surface area (Å²) in [4.78, 5) is 10.5. The molecule has 1 aromatic rings. The average Bonchev–Trinajstić information content (AvgIpc) is 3.30. The number of benzene rings is 1. The van der Waals surface area contributed by atoms with E-state index in [9.17, 15) is 9.90 Å². The lowest BCUT2D eigenvalue weighted by atomic mass is 9.77.